The van der Waals surface area contributed by atoms with Crippen LogP contribution in [0.5, 0.6) is 0 Å². The van der Waals surface area contributed by atoms with Crippen molar-refractivity contribution >= 4 is 0 Å². The summed E-state index contributed by atoms with van der Waals surface area (Å²) in [7, 11) is 0. The van der Waals surface area contributed by atoms with Crippen molar-refractivity contribution in [1.29, 1.82) is 5.26 Å². The van der Waals surface area contributed by atoms with E-state index in [-0.39, 0.29) is 12.2 Å². The molecule has 1 heterocycles. The van der Waals surface area contributed by atoms with Gasteiger partial charge >= 0.3 is 0 Å². The summed E-state index contributed by atoms with van der Waals surface area (Å²) in [5.41, 5.74) is 2.41. The Labute approximate surface area is 117 Å². The van der Waals surface area contributed by atoms with Gasteiger partial charge in [0.2, 0.25) is 0 Å². The molecule has 2 heteroatoms. The lowest BCUT2D eigenvalue weighted by atomic mass is 9.64. The molecule has 5 atom stereocenters. The van der Waals surface area contributed by atoms with Gasteiger partial charge in [-0.15, -0.1) is 6.58 Å². The molecule has 0 aromatic carbocycles. The average molecular weight is 259 g/mol. The molecule has 0 aromatic heterocycles. The Morgan fingerprint density at radius 2 is 2.21 bits per heavy atom. The summed E-state index contributed by atoms with van der Waals surface area (Å²) in [6.07, 6.45) is 2.93. The zero-order valence-corrected chi connectivity index (χ0v) is 12.4. The summed E-state index contributed by atoms with van der Waals surface area (Å²) in [6, 6.07) is 2.38. The molecule has 19 heavy (non-hydrogen) atoms. The molecule has 0 spiro atoms. The van der Waals surface area contributed by atoms with Crippen LogP contribution >= 0.6 is 0 Å². The molecule has 0 radical (unpaired) electrons. The molecular weight excluding hydrogens is 234 g/mol. The predicted molar refractivity (Wildman–Crippen MR) is 77.4 cm³/mol. The van der Waals surface area contributed by atoms with Crippen LogP contribution in [0.3, 0.4) is 0 Å². The van der Waals surface area contributed by atoms with Crippen molar-refractivity contribution in [2.24, 2.45) is 23.7 Å². The molecule has 2 fully saturated rings. The first kappa shape index (κ1) is 14.3. The summed E-state index contributed by atoms with van der Waals surface area (Å²) < 4.78 is 6.04. The summed E-state index contributed by atoms with van der Waals surface area (Å²) in [5, 5.41) is 9.42. The quantitative estimate of drug-likeness (QED) is 0.715. The van der Waals surface area contributed by atoms with Gasteiger partial charge in [-0.25, -0.2) is 0 Å². The van der Waals surface area contributed by atoms with Crippen LogP contribution in [0, 0.1) is 35.0 Å². The molecule has 0 bridgehead atoms. The Balaban J connectivity index is 2.29. The Morgan fingerprint density at radius 3 is 2.74 bits per heavy atom. The number of rotatable bonds is 3. The number of fused-ring (bicyclic) bond motifs is 1. The van der Waals surface area contributed by atoms with Gasteiger partial charge < -0.3 is 4.74 Å². The van der Waals surface area contributed by atoms with Crippen LogP contribution in [0.15, 0.2) is 24.3 Å². The first-order chi connectivity index (χ1) is 8.95. The fourth-order valence-electron chi connectivity index (χ4n) is 3.95. The second kappa shape index (κ2) is 5.51. The number of nitrogens with zero attached hydrogens (tertiary/aromatic N) is 1. The van der Waals surface area contributed by atoms with Gasteiger partial charge in [0.15, 0.2) is 0 Å². The highest BCUT2D eigenvalue weighted by Gasteiger charge is 2.51. The number of hydrogen-bond donors (Lipinski definition) is 0. The van der Waals surface area contributed by atoms with Crippen LogP contribution in [0.2, 0.25) is 0 Å². The standard InChI is InChI=1S/C17H25NO/c1-10(2)8-14-16-12(5)6-7-13(11(3)4)17(16)15(9-18)19-14/h11,13-17H,1,5-8H2,2-4H3/t13-,14-,15+,16-,17+/m1/s1. The summed E-state index contributed by atoms with van der Waals surface area (Å²) >= 11 is 0. The average Bonchev–Trinajstić information content (AvgIpc) is 2.68. The lowest BCUT2D eigenvalue weighted by molar-refractivity contribution is 0.0557. The van der Waals surface area contributed by atoms with Crippen LogP contribution in [0.1, 0.15) is 40.0 Å². The zero-order valence-electron chi connectivity index (χ0n) is 12.4. The van der Waals surface area contributed by atoms with E-state index in [1.54, 1.807) is 0 Å². The zero-order chi connectivity index (χ0) is 14.2. The third-order valence-electron chi connectivity index (χ3n) is 4.78. The minimum absolute atomic E-state index is 0.112. The van der Waals surface area contributed by atoms with E-state index in [0.717, 1.165) is 24.8 Å². The van der Waals surface area contributed by atoms with Gasteiger partial charge in [-0.05, 0) is 38.0 Å². The Hall–Kier alpha value is -1.07. The van der Waals surface area contributed by atoms with Crippen molar-refractivity contribution in [1.82, 2.24) is 0 Å². The van der Waals surface area contributed by atoms with Gasteiger partial charge in [0.25, 0.3) is 0 Å². The van der Waals surface area contributed by atoms with Gasteiger partial charge in [-0.1, -0.05) is 31.6 Å². The summed E-state index contributed by atoms with van der Waals surface area (Å²) in [6.45, 7) is 14.8. The van der Waals surface area contributed by atoms with Crippen LogP contribution in [0.25, 0.3) is 0 Å². The molecule has 0 aromatic rings. The molecular formula is C17H25NO. The molecule has 1 aliphatic carbocycles. The smallest absolute Gasteiger partial charge is 0.148 e. The fourth-order valence-corrected chi connectivity index (χ4v) is 3.95. The predicted octanol–water partition coefficient (Wildman–Crippen LogP) is 4.10. The van der Waals surface area contributed by atoms with Gasteiger partial charge in [0.1, 0.15) is 6.10 Å². The highest BCUT2D eigenvalue weighted by molar-refractivity contribution is 5.19. The van der Waals surface area contributed by atoms with Crippen molar-refractivity contribution in [2.75, 3.05) is 0 Å². The normalized spacial score (nSPS) is 38.1. The lowest BCUT2D eigenvalue weighted by Crippen LogP contribution is -2.36. The van der Waals surface area contributed by atoms with Crippen molar-refractivity contribution in [2.45, 2.75) is 52.2 Å². The highest BCUT2D eigenvalue weighted by atomic mass is 16.5. The minimum atomic E-state index is -0.265. The third-order valence-corrected chi connectivity index (χ3v) is 4.78. The lowest BCUT2D eigenvalue weighted by Gasteiger charge is -2.39. The molecule has 1 aliphatic heterocycles. The highest BCUT2D eigenvalue weighted by Crippen LogP contribution is 2.51. The monoisotopic (exact) mass is 259 g/mol. The number of hydrogen-bond acceptors (Lipinski definition) is 2. The molecule has 0 N–H and O–H groups in total. The van der Waals surface area contributed by atoms with Gasteiger partial charge in [-0.3, -0.25) is 0 Å². The third kappa shape index (κ3) is 2.62. The first-order valence-electron chi connectivity index (χ1n) is 7.32. The molecule has 1 saturated heterocycles. The molecule has 2 aliphatic rings. The van der Waals surface area contributed by atoms with Crippen molar-refractivity contribution in [3.8, 4) is 6.07 Å². The second-order valence-electron chi connectivity index (χ2n) is 6.59. The van der Waals surface area contributed by atoms with E-state index in [1.807, 2.05) is 6.92 Å². The maximum atomic E-state index is 9.42. The van der Waals surface area contributed by atoms with E-state index >= 15 is 0 Å². The van der Waals surface area contributed by atoms with Crippen molar-refractivity contribution < 1.29 is 4.74 Å². The topological polar surface area (TPSA) is 33.0 Å². The second-order valence-corrected chi connectivity index (χ2v) is 6.59. The minimum Gasteiger partial charge on any atom is -0.359 e. The molecule has 1 saturated carbocycles. The Bertz CT molecular complexity index is 417. The van der Waals surface area contributed by atoms with Crippen LogP contribution in [0.4, 0.5) is 0 Å². The van der Waals surface area contributed by atoms with Crippen molar-refractivity contribution in [3.63, 3.8) is 0 Å². The first-order valence-corrected chi connectivity index (χ1v) is 7.32. The van der Waals surface area contributed by atoms with Crippen LogP contribution in [-0.2, 0) is 4.74 Å². The molecule has 2 rings (SSSR count). The SMILES string of the molecule is C=C(C)C[C@H]1O[C@@H](C#N)[C@H]2[C@@H]1C(=C)CC[C@@H]2C(C)C. The van der Waals surface area contributed by atoms with Crippen LogP contribution in [-0.4, -0.2) is 12.2 Å². The maximum Gasteiger partial charge on any atom is 0.148 e. The van der Waals surface area contributed by atoms with Gasteiger partial charge in [0, 0.05) is 11.8 Å². The van der Waals surface area contributed by atoms with Gasteiger partial charge in [-0.2, -0.15) is 5.26 Å². The van der Waals surface area contributed by atoms with Crippen molar-refractivity contribution in [3.05, 3.63) is 24.3 Å². The maximum absolute atomic E-state index is 9.42. The van der Waals surface area contributed by atoms with Gasteiger partial charge in [0.05, 0.1) is 12.2 Å². The molecule has 0 amide bonds. The van der Waals surface area contributed by atoms with E-state index in [2.05, 4.69) is 33.1 Å². The largest absolute Gasteiger partial charge is 0.359 e. The Kier molecular flexibility index (Phi) is 4.16. The molecule has 0 unspecified atom stereocenters. The van der Waals surface area contributed by atoms with E-state index in [0.29, 0.717) is 23.7 Å². The molecule has 2 nitrogen and oxygen atoms in total. The summed E-state index contributed by atoms with van der Waals surface area (Å²) in [4.78, 5) is 0. The summed E-state index contributed by atoms with van der Waals surface area (Å²) in [5.74, 6) is 1.86. The van der Waals surface area contributed by atoms with E-state index < -0.39 is 0 Å². The van der Waals surface area contributed by atoms with E-state index in [1.165, 1.54) is 5.57 Å². The van der Waals surface area contributed by atoms with E-state index in [4.69, 9.17) is 4.74 Å². The number of ether oxygens (including phenoxy) is 1. The van der Waals surface area contributed by atoms with E-state index in [9.17, 15) is 5.26 Å². The Morgan fingerprint density at radius 1 is 1.53 bits per heavy atom. The molecule has 104 valence electrons. The fraction of sp³-hybridized carbons (Fsp3) is 0.706. The van der Waals surface area contributed by atoms with Crippen LogP contribution < -0.4 is 0 Å². The number of nitriles is 1.